The molecule has 0 radical (unpaired) electrons. The van der Waals surface area contributed by atoms with Gasteiger partial charge in [-0.2, -0.15) is 0 Å². The molecule has 4 rings (SSSR count). The van der Waals surface area contributed by atoms with Crippen molar-refractivity contribution in [3.63, 3.8) is 0 Å². The zero-order chi connectivity index (χ0) is 22.0. The van der Waals surface area contributed by atoms with Crippen molar-refractivity contribution in [1.29, 1.82) is 0 Å². The molecule has 2 aromatic rings. The Hall–Kier alpha value is -3.29. The van der Waals surface area contributed by atoms with E-state index in [1.54, 1.807) is 14.7 Å². The van der Waals surface area contributed by atoms with E-state index in [0.717, 1.165) is 17.7 Å². The molecule has 2 saturated heterocycles. The average molecular weight is 427 g/mol. The molecule has 31 heavy (non-hydrogen) atoms. The standard InChI is InChI=1S/C23H23F2N3O3/c24-19-7-6-17(14-20(19)25)21(29)26-10-8-18(9-11-26)28-13-12-27(22(30)23(28)31)15-16-4-2-1-3-5-16/h1-7,14,18H,8-13,15H2. The fourth-order valence-corrected chi connectivity index (χ4v) is 4.19. The lowest BCUT2D eigenvalue weighted by molar-refractivity contribution is -0.158. The maximum absolute atomic E-state index is 13.4. The highest BCUT2D eigenvalue weighted by Crippen LogP contribution is 2.22. The van der Waals surface area contributed by atoms with E-state index in [0.29, 0.717) is 45.6 Å². The number of carbonyl (C=O) groups is 3. The maximum Gasteiger partial charge on any atom is 0.312 e. The van der Waals surface area contributed by atoms with Crippen molar-refractivity contribution in [2.24, 2.45) is 0 Å². The van der Waals surface area contributed by atoms with Gasteiger partial charge in [-0.25, -0.2) is 8.78 Å². The van der Waals surface area contributed by atoms with E-state index in [2.05, 4.69) is 0 Å². The number of hydrogen-bond donors (Lipinski definition) is 0. The van der Waals surface area contributed by atoms with Gasteiger partial charge in [0.15, 0.2) is 11.6 Å². The van der Waals surface area contributed by atoms with Gasteiger partial charge in [0.25, 0.3) is 5.91 Å². The van der Waals surface area contributed by atoms with Crippen LogP contribution in [0.3, 0.4) is 0 Å². The van der Waals surface area contributed by atoms with Crippen LogP contribution in [0.15, 0.2) is 48.5 Å². The van der Waals surface area contributed by atoms with E-state index in [1.165, 1.54) is 6.07 Å². The Morgan fingerprint density at radius 2 is 1.58 bits per heavy atom. The SMILES string of the molecule is O=C1C(=O)N(C2CCN(C(=O)c3ccc(F)c(F)c3)CC2)CCN1Cc1ccccc1. The predicted molar refractivity (Wildman–Crippen MR) is 109 cm³/mol. The minimum absolute atomic E-state index is 0.0955. The van der Waals surface area contributed by atoms with Crippen LogP contribution in [-0.4, -0.2) is 64.6 Å². The molecule has 0 spiro atoms. The number of carbonyl (C=O) groups excluding carboxylic acids is 3. The molecule has 162 valence electrons. The van der Waals surface area contributed by atoms with Gasteiger partial charge in [-0.05, 0) is 36.6 Å². The molecule has 0 N–H and O–H groups in total. The number of likely N-dealkylation sites (tertiary alicyclic amines) is 1. The molecule has 2 fully saturated rings. The molecule has 6 nitrogen and oxygen atoms in total. The van der Waals surface area contributed by atoms with Crippen molar-refractivity contribution in [2.75, 3.05) is 26.2 Å². The van der Waals surface area contributed by atoms with Crippen LogP contribution in [0.25, 0.3) is 0 Å². The molecular formula is C23H23F2N3O3. The van der Waals surface area contributed by atoms with Crippen LogP contribution in [0.4, 0.5) is 8.78 Å². The van der Waals surface area contributed by atoms with Gasteiger partial charge in [-0.3, -0.25) is 14.4 Å². The Morgan fingerprint density at radius 1 is 0.871 bits per heavy atom. The number of benzene rings is 2. The molecule has 0 aliphatic carbocycles. The first-order valence-corrected chi connectivity index (χ1v) is 10.3. The molecule has 2 heterocycles. The molecule has 0 unspecified atom stereocenters. The summed E-state index contributed by atoms with van der Waals surface area (Å²) in [4.78, 5) is 42.6. The molecule has 0 bridgehead atoms. The highest BCUT2D eigenvalue weighted by Gasteiger charge is 2.38. The van der Waals surface area contributed by atoms with Gasteiger partial charge in [-0.1, -0.05) is 30.3 Å². The summed E-state index contributed by atoms with van der Waals surface area (Å²) in [7, 11) is 0. The van der Waals surface area contributed by atoms with Crippen LogP contribution in [0, 0.1) is 11.6 Å². The predicted octanol–water partition coefficient (Wildman–Crippen LogP) is 2.44. The van der Waals surface area contributed by atoms with E-state index in [-0.39, 0.29) is 17.5 Å². The molecule has 0 saturated carbocycles. The van der Waals surface area contributed by atoms with Crippen molar-refractivity contribution in [2.45, 2.75) is 25.4 Å². The van der Waals surface area contributed by atoms with E-state index < -0.39 is 23.4 Å². The number of amides is 3. The lowest BCUT2D eigenvalue weighted by Crippen LogP contribution is -2.59. The van der Waals surface area contributed by atoms with Crippen LogP contribution in [0.5, 0.6) is 0 Å². The Labute approximate surface area is 179 Å². The zero-order valence-electron chi connectivity index (χ0n) is 17.0. The lowest BCUT2D eigenvalue weighted by atomic mass is 10.0. The normalized spacial score (nSPS) is 17.9. The van der Waals surface area contributed by atoms with Crippen molar-refractivity contribution in [3.05, 3.63) is 71.3 Å². The Morgan fingerprint density at radius 3 is 2.26 bits per heavy atom. The summed E-state index contributed by atoms with van der Waals surface area (Å²) in [6.45, 7) is 2.09. The van der Waals surface area contributed by atoms with Crippen LogP contribution in [-0.2, 0) is 16.1 Å². The van der Waals surface area contributed by atoms with Crippen LogP contribution in [0.1, 0.15) is 28.8 Å². The summed E-state index contributed by atoms with van der Waals surface area (Å²) in [5.41, 5.74) is 1.07. The monoisotopic (exact) mass is 427 g/mol. The van der Waals surface area contributed by atoms with Crippen LogP contribution >= 0.6 is 0 Å². The first-order valence-electron chi connectivity index (χ1n) is 10.3. The highest BCUT2D eigenvalue weighted by molar-refractivity contribution is 6.35. The van der Waals surface area contributed by atoms with Crippen molar-refractivity contribution < 1.29 is 23.2 Å². The van der Waals surface area contributed by atoms with Gasteiger partial charge in [0, 0.05) is 44.3 Å². The second-order valence-corrected chi connectivity index (χ2v) is 7.86. The highest BCUT2D eigenvalue weighted by atomic mass is 19.2. The van der Waals surface area contributed by atoms with E-state index in [1.807, 2.05) is 30.3 Å². The molecule has 0 aromatic heterocycles. The average Bonchev–Trinajstić information content (AvgIpc) is 2.79. The number of halogens is 2. The fraction of sp³-hybridized carbons (Fsp3) is 0.348. The first-order chi connectivity index (χ1) is 14.9. The van der Waals surface area contributed by atoms with Crippen molar-refractivity contribution >= 4 is 17.7 Å². The molecule has 8 heteroatoms. The van der Waals surface area contributed by atoms with Gasteiger partial charge < -0.3 is 14.7 Å². The number of hydrogen-bond acceptors (Lipinski definition) is 3. The summed E-state index contributed by atoms with van der Waals surface area (Å²) < 4.78 is 26.5. The minimum Gasteiger partial charge on any atom is -0.338 e. The second-order valence-electron chi connectivity index (χ2n) is 7.86. The molecule has 0 atom stereocenters. The summed E-state index contributed by atoms with van der Waals surface area (Å²) in [6.07, 6.45) is 1.07. The summed E-state index contributed by atoms with van der Waals surface area (Å²) in [5, 5.41) is 0. The molecular weight excluding hydrogens is 404 g/mol. The molecule has 2 aromatic carbocycles. The number of piperazine rings is 1. The van der Waals surface area contributed by atoms with Gasteiger partial charge >= 0.3 is 11.8 Å². The number of nitrogens with zero attached hydrogens (tertiary/aromatic N) is 3. The first kappa shape index (κ1) is 21.0. The van der Waals surface area contributed by atoms with Crippen molar-refractivity contribution in [3.8, 4) is 0 Å². The smallest absolute Gasteiger partial charge is 0.312 e. The summed E-state index contributed by atoms with van der Waals surface area (Å²) >= 11 is 0. The zero-order valence-corrected chi connectivity index (χ0v) is 17.0. The van der Waals surface area contributed by atoms with Gasteiger partial charge in [-0.15, -0.1) is 0 Å². The number of rotatable bonds is 4. The molecule has 3 amide bonds. The number of piperidine rings is 1. The third kappa shape index (κ3) is 4.42. The molecule has 2 aliphatic rings. The Balaban J connectivity index is 1.33. The van der Waals surface area contributed by atoms with E-state index >= 15 is 0 Å². The maximum atomic E-state index is 13.4. The van der Waals surface area contributed by atoms with Crippen LogP contribution in [0.2, 0.25) is 0 Å². The quantitative estimate of drug-likeness (QED) is 0.705. The third-order valence-corrected chi connectivity index (χ3v) is 5.92. The summed E-state index contributed by atoms with van der Waals surface area (Å²) in [5.74, 6) is -3.43. The van der Waals surface area contributed by atoms with Crippen LogP contribution < -0.4 is 0 Å². The van der Waals surface area contributed by atoms with E-state index in [9.17, 15) is 23.2 Å². The van der Waals surface area contributed by atoms with Crippen molar-refractivity contribution in [1.82, 2.24) is 14.7 Å². The van der Waals surface area contributed by atoms with Gasteiger partial charge in [0.1, 0.15) is 0 Å². The minimum atomic E-state index is -1.06. The Bertz CT molecular complexity index is 991. The lowest BCUT2D eigenvalue weighted by Gasteiger charge is -2.42. The second kappa shape index (κ2) is 8.83. The summed E-state index contributed by atoms with van der Waals surface area (Å²) in [6, 6.07) is 12.5. The van der Waals surface area contributed by atoms with E-state index in [4.69, 9.17) is 0 Å². The molecule has 2 aliphatic heterocycles. The Kier molecular flexibility index (Phi) is 5.97. The largest absolute Gasteiger partial charge is 0.338 e. The topological polar surface area (TPSA) is 60.9 Å². The third-order valence-electron chi connectivity index (χ3n) is 5.92. The fourth-order valence-electron chi connectivity index (χ4n) is 4.19. The van der Waals surface area contributed by atoms with Gasteiger partial charge in [0.05, 0.1) is 0 Å². The van der Waals surface area contributed by atoms with Gasteiger partial charge in [0.2, 0.25) is 0 Å².